The zero-order valence-corrected chi connectivity index (χ0v) is 9.07. The fourth-order valence-electron chi connectivity index (χ4n) is 1.22. The van der Waals surface area contributed by atoms with Crippen molar-refractivity contribution in [1.82, 2.24) is 24.4 Å². The molecule has 0 unspecified atom stereocenters. The summed E-state index contributed by atoms with van der Waals surface area (Å²) in [4.78, 5) is 4.22. The minimum atomic E-state index is 0.780. The molecule has 3 rings (SSSR count). The van der Waals surface area contributed by atoms with Crippen molar-refractivity contribution in [3.8, 4) is 16.5 Å². The van der Waals surface area contributed by atoms with E-state index >= 15 is 0 Å². The number of hydrogen-bond donors (Lipinski definition) is 0. The summed E-state index contributed by atoms with van der Waals surface area (Å²) in [6, 6.07) is 1.90. The van der Waals surface area contributed by atoms with Crippen LogP contribution in [0.3, 0.4) is 0 Å². The molecule has 0 spiro atoms. The van der Waals surface area contributed by atoms with Crippen molar-refractivity contribution in [2.45, 2.75) is 0 Å². The standard InChI is InChI=1S/C8H5N5S2/c1-3-15-11-7(1)13-6(5-10-12-13)8-9-2-4-14-8/h1-5H. The van der Waals surface area contributed by atoms with Gasteiger partial charge in [0.1, 0.15) is 10.7 Å². The van der Waals surface area contributed by atoms with E-state index in [-0.39, 0.29) is 0 Å². The van der Waals surface area contributed by atoms with E-state index in [1.54, 1.807) is 28.4 Å². The molecule has 15 heavy (non-hydrogen) atoms. The fraction of sp³-hybridized carbons (Fsp3) is 0. The molecule has 0 saturated heterocycles. The topological polar surface area (TPSA) is 56.5 Å². The molecule has 0 fully saturated rings. The molecule has 0 atom stereocenters. The molecular formula is C8H5N5S2. The first kappa shape index (κ1) is 8.69. The molecule has 0 saturated carbocycles. The van der Waals surface area contributed by atoms with Crippen molar-refractivity contribution in [3.05, 3.63) is 29.2 Å². The van der Waals surface area contributed by atoms with Gasteiger partial charge in [-0.15, -0.1) is 16.4 Å². The summed E-state index contributed by atoms with van der Waals surface area (Å²) in [6.45, 7) is 0. The van der Waals surface area contributed by atoms with Crippen molar-refractivity contribution >= 4 is 22.9 Å². The van der Waals surface area contributed by atoms with E-state index in [9.17, 15) is 0 Å². The lowest BCUT2D eigenvalue weighted by atomic mass is 10.5. The molecule has 5 nitrogen and oxygen atoms in total. The van der Waals surface area contributed by atoms with E-state index in [1.165, 1.54) is 11.5 Å². The number of nitrogens with zero attached hydrogens (tertiary/aromatic N) is 5. The van der Waals surface area contributed by atoms with Gasteiger partial charge >= 0.3 is 0 Å². The summed E-state index contributed by atoms with van der Waals surface area (Å²) < 4.78 is 5.90. The smallest absolute Gasteiger partial charge is 0.169 e. The minimum absolute atomic E-state index is 0.780. The highest BCUT2D eigenvalue weighted by atomic mass is 32.1. The van der Waals surface area contributed by atoms with Gasteiger partial charge in [-0.1, -0.05) is 5.21 Å². The van der Waals surface area contributed by atoms with Crippen LogP contribution in [0.15, 0.2) is 29.2 Å². The van der Waals surface area contributed by atoms with Gasteiger partial charge in [0.25, 0.3) is 0 Å². The Kier molecular flexibility index (Phi) is 2.04. The molecule has 0 radical (unpaired) electrons. The van der Waals surface area contributed by atoms with E-state index in [2.05, 4.69) is 19.7 Å². The second kappa shape index (κ2) is 3.52. The van der Waals surface area contributed by atoms with E-state index in [0.29, 0.717) is 0 Å². The molecule has 0 bridgehead atoms. The summed E-state index contributed by atoms with van der Waals surface area (Å²) in [7, 11) is 0. The van der Waals surface area contributed by atoms with Crippen LogP contribution in [0.25, 0.3) is 16.5 Å². The van der Waals surface area contributed by atoms with Gasteiger partial charge in [0.2, 0.25) is 0 Å². The molecule has 0 amide bonds. The molecule has 0 aliphatic heterocycles. The number of hydrogen-bond acceptors (Lipinski definition) is 6. The van der Waals surface area contributed by atoms with Crippen LogP contribution in [0.2, 0.25) is 0 Å². The number of thiazole rings is 1. The first-order valence-electron chi connectivity index (χ1n) is 4.16. The largest absolute Gasteiger partial charge is 0.243 e. The lowest BCUT2D eigenvalue weighted by Gasteiger charge is -1.97. The third-order valence-electron chi connectivity index (χ3n) is 1.84. The Morgan fingerprint density at radius 3 is 3.00 bits per heavy atom. The third kappa shape index (κ3) is 1.45. The Bertz CT molecular complexity index is 491. The molecule has 3 aromatic rings. The molecule has 3 heterocycles. The average Bonchev–Trinajstić information content (AvgIpc) is 3.01. The molecule has 74 valence electrons. The molecule has 0 aliphatic carbocycles. The molecule has 7 heteroatoms. The summed E-state index contributed by atoms with van der Waals surface area (Å²) >= 11 is 2.94. The maximum atomic E-state index is 4.22. The maximum absolute atomic E-state index is 4.22. The summed E-state index contributed by atoms with van der Waals surface area (Å²) in [6.07, 6.45) is 3.45. The van der Waals surface area contributed by atoms with Gasteiger partial charge in [-0.3, -0.25) is 0 Å². The fourth-order valence-corrected chi connectivity index (χ4v) is 2.34. The number of rotatable bonds is 2. The van der Waals surface area contributed by atoms with Gasteiger partial charge in [-0.25, -0.2) is 4.98 Å². The van der Waals surface area contributed by atoms with Crippen LogP contribution in [0.4, 0.5) is 0 Å². The lowest BCUT2D eigenvalue weighted by molar-refractivity contribution is 0.794. The summed E-state index contributed by atoms with van der Waals surface area (Å²) in [5.74, 6) is 0.780. The Labute approximate surface area is 93.2 Å². The molecule has 0 aromatic carbocycles. The first-order valence-corrected chi connectivity index (χ1v) is 5.88. The average molecular weight is 235 g/mol. The predicted molar refractivity (Wildman–Crippen MR) is 58.1 cm³/mol. The second-order valence-corrected chi connectivity index (χ2v) is 4.29. The quantitative estimate of drug-likeness (QED) is 0.680. The van der Waals surface area contributed by atoms with Crippen LogP contribution in [-0.4, -0.2) is 24.4 Å². The highest BCUT2D eigenvalue weighted by molar-refractivity contribution is 7.13. The van der Waals surface area contributed by atoms with Crippen LogP contribution in [0.1, 0.15) is 0 Å². The monoisotopic (exact) mass is 235 g/mol. The first-order chi connectivity index (χ1) is 7.45. The normalized spacial score (nSPS) is 10.7. The van der Waals surface area contributed by atoms with Gasteiger partial charge in [-0.05, 0) is 17.6 Å². The highest BCUT2D eigenvalue weighted by Crippen LogP contribution is 2.22. The second-order valence-electron chi connectivity index (χ2n) is 2.73. The van der Waals surface area contributed by atoms with E-state index < -0.39 is 0 Å². The lowest BCUT2D eigenvalue weighted by Crippen LogP contribution is -1.98. The van der Waals surface area contributed by atoms with Crippen molar-refractivity contribution < 1.29 is 0 Å². The molecular weight excluding hydrogens is 230 g/mol. The SMILES string of the molecule is c1csc(-c2cnnn2-c2ccsn2)n1. The van der Waals surface area contributed by atoms with Crippen molar-refractivity contribution in [3.63, 3.8) is 0 Å². The minimum Gasteiger partial charge on any atom is -0.243 e. The maximum Gasteiger partial charge on any atom is 0.169 e. The van der Waals surface area contributed by atoms with Crippen LogP contribution < -0.4 is 0 Å². The zero-order valence-electron chi connectivity index (χ0n) is 7.44. The molecule has 3 aromatic heterocycles. The van der Waals surface area contributed by atoms with Crippen molar-refractivity contribution in [2.75, 3.05) is 0 Å². The summed E-state index contributed by atoms with van der Waals surface area (Å²) in [5.41, 5.74) is 0.871. The summed E-state index contributed by atoms with van der Waals surface area (Å²) in [5, 5.41) is 12.6. The van der Waals surface area contributed by atoms with Crippen LogP contribution in [0.5, 0.6) is 0 Å². The van der Waals surface area contributed by atoms with Crippen molar-refractivity contribution in [2.24, 2.45) is 0 Å². The van der Waals surface area contributed by atoms with Gasteiger partial charge in [0.05, 0.1) is 6.20 Å². The highest BCUT2D eigenvalue weighted by Gasteiger charge is 2.11. The Morgan fingerprint density at radius 2 is 2.27 bits per heavy atom. The Morgan fingerprint density at radius 1 is 1.27 bits per heavy atom. The molecule has 0 N–H and O–H groups in total. The van der Waals surface area contributed by atoms with Gasteiger partial charge in [0, 0.05) is 17.0 Å². The van der Waals surface area contributed by atoms with E-state index in [4.69, 9.17) is 0 Å². The van der Waals surface area contributed by atoms with Gasteiger partial charge < -0.3 is 0 Å². The Hall–Kier alpha value is -1.60. The van der Waals surface area contributed by atoms with Gasteiger partial charge in [0.15, 0.2) is 5.82 Å². The van der Waals surface area contributed by atoms with Gasteiger partial charge in [-0.2, -0.15) is 9.06 Å². The number of aromatic nitrogens is 5. The predicted octanol–water partition coefficient (Wildman–Crippen LogP) is 1.85. The zero-order chi connectivity index (χ0) is 10.1. The van der Waals surface area contributed by atoms with Crippen molar-refractivity contribution in [1.29, 1.82) is 0 Å². The van der Waals surface area contributed by atoms with Crippen LogP contribution >= 0.6 is 22.9 Å². The van der Waals surface area contributed by atoms with E-state index in [1.807, 2.05) is 16.8 Å². The van der Waals surface area contributed by atoms with E-state index in [0.717, 1.165) is 16.5 Å². The van der Waals surface area contributed by atoms with Crippen LogP contribution in [0, 0.1) is 0 Å². The van der Waals surface area contributed by atoms with Crippen LogP contribution in [-0.2, 0) is 0 Å². The Balaban J connectivity index is 2.15. The third-order valence-corrected chi connectivity index (χ3v) is 3.19. The molecule has 0 aliphatic rings.